The molecule has 0 aromatic carbocycles. The van der Waals surface area contributed by atoms with Crippen molar-refractivity contribution < 1.29 is 0 Å². The van der Waals surface area contributed by atoms with Crippen molar-refractivity contribution in [3.8, 4) is 0 Å². The van der Waals surface area contributed by atoms with E-state index >= 15 is 0 Å². The van der Waals surface area contributed by atoms with Gasteiger partial charge in [0.1, 0.15) is 0 Å². The Morgan fingerprint density at radius 1 is 1.31 bits per heavy atom. The fourth-order valence-electron chi connectivity index (χ4n) is 2.24. The second-order valence-corrected chi connectivity index (χ2v) is 4.43. The van der Waals surface area contributed by atoms with Gasteiger partial charge in [0, 0.05) is 23.8 Å². The highest BCUT2D eigenvalue weighted by atomic mass is 15.3. The summed E-state index contributed by atoms with van der Waals surface area (Å²) >= 11 is 0. The minimum Gasteiger partial charge on any atom is -0.310 e. The van der Waals surface area contributed by atoms with Gasteiger partial charge in [0.05, 0.1) is 5.69 Å². The summed E-state index contributed by atoms with van der Waals surface area (Å²) in [5.74, 6) is 0. The molecule has 1 aromatic rings. The Kier molecular flexibility index (Phi) is 5.00. The van der Waals surface area contributed by atoms with Gasteiger partial charge in [-0.2, -0.15) is 5.10 Å². The maximum atomic E-state index is 4.55. The van der Waals surface area contributed by atoms with Crippen molar-refractivity contribution in [1.29, 1.82) is 0 Å². The zero-order valence-corrected chi connectivity index (χ0v) is 11.3. The molecule has 1 rings (SSSR count). The van der Waals surface area contributed by atoms with Gasteiger partial charge in [-0.3, -0.25) is 4.68 Å². The Morgan fingerprint density at radius 2 is 2.00 bits per heavy atom. The van der Waals surface area contributed by atoms with Gasteiger partial charge in [-0.25, -0.2) is 0 Å². The average Bonchev–Trinajstić information content (AvgIpc) is 2.54. The molecule has 0 bridgehead atoms. The smallest absolute Gasteiger partial charge is 0.0644 e. The zero-order valence-electron chi connectivity index (χ0n) is 11.3. The summed E-state index contributed by atoms with van der Waals surface area (Å²) < 4.78 is 2.09. The second-order valence-electron chi connectivity index (χ2n) is 4.43. The zero-order chi connectivity index (χ0) is 12.1. The molecule has 0 saturated carbocycles. The molecule has 0 spiro atoms. The highest BCUT2D eigenvalue weighted by molar-refractivity contribution is 5.27. The molecule has 1 unspecified atom stereocenters. The SMILES string of the molecule is CCCCNC(C)c1c(C)nn(CC)c1C. The van der Waals surface area contributed by atoms with Gasteiger partial charge in [0.25, 0.3) is 0 Å². The highest BCUT2D eigenvalue weighted by Crippen LogP contribution is 2.21. The molecule has 0 saturated heterocycles. The van der Waals surface area contributed by atoms with Gasteiger partial charge in [-0.05, 0) is 40.7 Å². The van der Waals surface area contributed by atoms with Crippen LogP contribution in [0.5, 0.6) is 0 Å². The molecular weight excluding hydrogens is 198 g/mol. The predicted molar refractivity (Wildman–Crippen MR) is 68.7 cm³/mol. The summed E-state index contributed by atoms with van der Waals surface area (Å²) in [6, 6.07) is 0.409. The van der Waals surface area contributed by atoms with Crippen LogP contribution >= 0.6 is 0 Å². The van der Waals surface area contributed by atoms with Gasteiger partial charge in [-0.15, -0.1) is 0 Å². The molecule has 1 heterocycles. The van der Waals surface area contributed by atoms with E-state index in [0.29, 0.717) is 6.04 Å². The summed E-state index contributed by atoms with van der Waals surface area (Å²) in [5, 5.41) is 8.12. The summed E-state index contributed by atoms with van der Waals surface area (Å²) in [5.41, 5.74) is 3.84. The van der Waals surface area contributed by atoms with Crippen molar-refractivity contribution in [3.05, 3.63) is 17.0 Å². The van der Waals surface area contributed by atoms with Crippen molar-refractivity contribution in [2.24, 2.45) is 0 Å². The molecule has 0 aliphatic rings. The molecule has 0 amide bonds. The van der Waals surface area contributed by atoms with Crippen LogP contribution in [-0.2, 0) is 6.54 Å². The maximum absolute atomic E-state index is 4.55. The minimum absolute atomic E-state index is 0.409. The Morgan fingerprint density at radius 3 is 2.50 bits per heavy atom. The van der Waals surface area contributed by atoms with E-state index in [1.165, 1.54) is 24.1 Å². The lowest BCUT2D eigenvalue weighted by Gasteiger charge is -2.14. The van der Waals surface area contributed by atoms with Gasteiger partial charge in [0.15, 0.2) is 0 Å². The van der Waals surface area contributed by atoms with E-state index in [-0.39, 0.29) is 0 Å². The molecule has 0 aliphatic heterocycles. The fraction of sp³-hybridized carbons (Fsp3) is 0.769. The molecule has 92 valence electrons. The number of hydrogen-bond acceptors (Lipinski definition) is 2. The van der Waals surface area contributed by atoms with Gasteiger partial charge >= 0.3 is 0 Å². The van der Waals surface area contributed by atoms with Crippen LogP contribution in [0.3, 0.4) is 0 Å². The van der Waals surface area contributed by atoms with Crippen LogP contribution in [0, 0.1) is 13.8 Å². The molecule has 1 N–H and O–H groups in total. The summed E-state index contributed by atoms with van der Waals surface area (Å²) in [4.78, 5) is 0. The highest BCUT2D eigenvalue weighted by Gasteiger charge is 2.15. The summed E-state index contributed by atoms with van der Waals surface area (Å²) in [7, 11) is 0. The van der Waals surface area contributed by atoms with Crippen LogP contribution in [-0.4, -0.2) is 16.3 Å². The third-order valence-corrected chi connectivity index (χ3v) is 3.15. The minimum atomic E-state index is 0.409. The van der Waals surface area contributed by atoms with Gasteiger partial charge < -0.3 is 5.32 Å². The molecule has 16 heavy (non-hydrogen) atoms. The van der Waals surface area contributed by atoms with Crippen molar-refractivity contribution in [1.82, 2.24) is 15.1 Å². The van der Waals surface area contributed by atoms with Crippen LogP contribution in [0.1, 0.15) is 56.6 Å². The van der Waals surface area contributed by atoms with E-state index in [1.807, 2.05) is 0 Å². The van der Waals surface area contributed by atoms with E-state index in [0.717, 1.165) is 18.8 Å². The molecule has 0 radical (unpaired) electrons. The van der Waals surface area contributed by atoms with Crippen LogP contribution in [0.4, 0.5) is 0 Å². The van der Waals surface area contributed by atoms with Crippen LogP contribution in [0.25, 0.3) is 0 Å². The summed E-state index contributed by atoms with van der Waals surface area (Å²) in [6.07, 6.45) is 2.48. The van der Waals surface area contributed by atoms with E-state index < -0.39 is 0 Å². The van der Waals surface area contributed by atoms with E-state index in [1.54, 1.807) is 0 Å². The molecule has 3 nitrogen and oxygen atoms in total. The topological polar surface area (TPSA) is 29.9 Å². The first-order valence-electron chi connectivity index (χ1n) is 6.39. The lowest BCUT2D eigenvalue weighted by molar-refractivity contribution is 0.548. The van der Waals surface area contributed by atoms with Crippen molar-refractivity contribution >= 4 is 0 Å². The normalized spacial score (nSPS) is 13.1. The van der Waals surface area contributed by atoms with Crippen molar-refractivity contribution in [3.63, 3.8) is 0 Å². The summed E-state index contributed by atoms with van der Waals surface area (Å²) in [6.45, 7) is 12.9. The standard InChI is InChI=1S/C13H25N3/c1-6-8-9-14-10(3)13-11(4)15-16(7-2)12(13)5/h10,14H,6-9H2,1-5H3. The number of nitrogens with zero attached hydrogens (tertiary/aromatic N) is 2. The lowest BCUT2D eigenvalue weighted by atomic mass is 10.1. The van der Waals surface area contributed by atoms with E-state index in [2.05, 4.69) is 49.7 Å². The Labute approximate surface area is 99.2 Å². The monoisotopic (exact) mass is 223 g/mol. The third-order valence-electron chi connectivity index (χ3n) is 3.15. The Balaban J connectivity index is 2.74. The van der Waals surface area contributed by atoms with E-state index in [9.17, 15) is 0 Å². The number of rotatable bonds is 6. The fourth-order valence-corrected chi connectivity index (χ4v) is 2.24. The first-order chi connectivity index (χ1) is 7.61. The number of unbranched alkanes of at least 4 members (excludes halogenated alkanes) is 1. The Bertz CT molecular complexity index is 328. The predicted octanol–water partition coefficient (Wildman–Crippen LogP) is 2.97. The van der Waals surface area contributed by atoms with Crippen LogP contribution in [0.2, 0.25) is 0 Å². The van der Waals surface area contributed by atoms with Gasteiger partial charge in [-0.1, -0.05) is 13.3 Å². The first-order valence-corrected chi connectivity index (χ1v) is 6.39. The van der Waals surface area contributed by atoms with E-state index in [4.69, 9.17) is 0 Å². The number of hydrogen-bond donors (Lipinski definition) is 1. The van der Waals surface area contributed by atoms with Crippen LogP contribution in [0.15, 0.2) is 0 Å². The van der Waals surface area contributed by atoms with Crippen LogP contribution < -0.4 is 5.32 Å². The largest absolute Gasteiger partial charge is 0.310 e. The molecular formula is C13H25N3. The number of aromatic nitrogens is 2. The quantitative estimate of drug-likeness (QED) is 0.751. The molecule has 0 fully saturated rings. The number of nitrogens with one attached hydrogen (secondary N) is 1. The van der Waals surface area contributed by atoms with Crippen molar-refractivity contribution in [2.45, 2.75) is 60.0 Å². The van der Waals surface area contributed by atoms with Gasteiger partial charge in [0.2, 0.25) is 0 Å². The van der Waals surface area contributed by atoms with Crippen molar-refractivity contribution in [2.75, 3.05) is 6.54 Å². The number of aryl methyl sites for hydroxylation is 2. The molecule has 1 aromatic heterocycles. The Hall–Kier alpha value is -0.830. The first kappa shape index (κ1) is 13.2. The molecule has 3 heteroatoms. The third kappa shape index (κ3) is 2.85. The average molecular weight is 223 g/mol. The lowest BCUT2D eigenvalue weighted by Crippen LogP contribution is -2.20. The molecule has 1 atom stereocenters. The maximum Gasteiger partial charge on any atom is 0.0644 e. The molecule has 0 aliphatic carbocycles. The second kappa shape index (κ2) is 6.04.